The molecule has 7 nitrogen and oxygen atoms in total. The largest absolute Gasteiger partial charge is 0.486 e. The van der Waals surface area contributed by atoms with Crippen molar-refractivity contribution in [2.45, 2.75) is 20.5 Å². The molecular formula is C21H19ClN4O3S. The van der Waals surface area contributed by atoms with Gasteiger partial charge in [0.2, 0.25) is 0 Å². The Balaban J connectivity index is 1.38. The Morgan fingerprint density at radius 2 is 2.03 bits per heavy atom. The van der Waals surface area contributed by atoms with Crippen molar-refractivity contribution in [2.24, 2.45) is 7.05 Å². The number of furan rings is 1. The second kappa shape index (κ2) is 8.33. The van der Waals surface area contributed by atoms with Gasteiger partial charge in [-0.05, 0) is 55.3 Å². The van der Waals surface area contributed by atoms with Crippen LogP contribution in [0, 0.1) is 13.8 Å². The molecule has 30 heavy (non-hydrogen) atoms. The fraction of sp³-hybridized carbons (Fsp3) is 0.190. The molecule has 1 aromatic carbocycles. The molecule has 4 aromatic rings. The van der Waals surface area contributed by atoms with E-state index in [1.165, 1.54) is 11.3 Å². The summed E-state index contributed by atoms with van der Waals surface area (Å²) in [6, 6.07) is 8.93. The van der Waals surface area contributed by atoms with Gasteiger partial charge in [-0.3, -0.25) is 14.8 Å². The van der Waals surface area contributed by atoms with Crippen LogP contribution in [-0.4, -0.2) is 20.7 Å². The number of rotatable bonds is 6. The molecule has 0 aliphatic carbocycles. The first-order valence-corrected chi connectivity index (χ1v) is 10.4. The zero-order valence-electron chi connectivity index (χ0n) is 16.6. The first-order valence-electron chi connectivity index (χ1n) is 9.14. The number of nitrogens with one attached hydrogen (secondary N) is 1. The topological polar surface area (TPSA) is 82.2 Å². The van der Waals surface area contributed by atoms with Gasteiger partial charge in [0.25, 0.3) is 5.91 Å². The summed E-state index contributed by atoms with van der Waals surface area (Å²) in [7, 11) is 1.84. The van der Waals surface area contributed by atoms with Crippen LogP contribution >= 0.6 is 22.9 Å². The van der Waals surface area contributed by atoms with Crippen LogP contribution in [0.3, 0.4) is 0 Å². The number of anilines is 1. The van der Waals surface area contributed by atoms with E-state index in [1.807, 2.05) is 44.5 Å². The van der Waals surface area contributed by atoms with Crippen LogP contribution in [0.15, 0.2) is 46.3 Å². The Labute approximate surface area is 182 Å². The number of aromatic nitrogens is 3. The van der Waals surface area contributed by atoms with Gasteiger partial charge in [0.05, 0.1) is 5.69 Å². The SMILES string of the molecule is Cc1cc(OCc2ccc(C(=O)Nc3nc(-c4ccnn4C)cs3)o2)cc(C)c1Cl. The van der Waals surface area contributed by atoms with E-state index in [9.17, 15) is 4.79 Å². The third-order valence-corrected chi connectivity index (χ3v) is 5.84. The number of hydrogen-bond acceptors (Lipinski definition) is 6. The molecule has 0 saturated heterocycles. The lowest BCUT2D eigenvalue weighted by atomic mass is 10.1. The Morgan fingerprint density at radius 1 is 1.27 bits per heavy atom. The van der Waals surface area contributed by atoms with Crippen molar-refractivity contribution in [2.75, 3.05) is 5.32 Å². The normalized spacial score (nSPS) is 10.9. The first-order chi connectivity index (χ1) is 14.4. The highest BCUT2D eigenvalue weighted by atomic mass is 35.5. The summed E-state index contributed by atoms with van der Waals surface area (Å²) in [6.07, 6.45) is 1.70. The highest BCUT2D eigenvalue weighted by Crippen LogP contribution is 2.27. The van der Waals surface area contributed by atoms with E-state index in [4.69, 9.17) is 20.8 Å². The smallest absolute Gasteiger partial charge is 0.293 e. The summed E-state index contributed by atoms with van der Waals surface area (Å²) in [4.78, 5) is 16.9. The van der Waals surface area contributed by atoms with E-state index >= 15 is 0 Å². The molecule has 0 bridgehead atoms. The molecule has 0 atom stereocenters. The van der Waals surface area contributed by atoms with Crippen molar-refractivity contribution in [1.82, 2.24) is 14.8 Å². The van der Waals surface area contributed by atoms with Crippen LogP contribution in [0.25, 0.3) is 11.4 Å². The summed E-state index contributed by atoms with van der Waals surface area (Å²) < 4.78 is 13.1. The Kier molecular flexibility index (Phi) is 5.61. The quantitative estimate of drug-likeness (QED) is 0.441. The van der Waals surface area contributed by atoms with Crippen molar-refractivity contribution in [1.29, 1.82) is 0 Å². The molecule has 0 fully saturated rings. The molecule has 3 aromatic heterocycles. The number of thiazole rings is 1. The summed E-state index contributed by atoms with van der Waals surface area (Å²) in [5, 5.41) is 9.96. The lowest BCUT2D eigenvalue weighted by Gasteiger charge is -2.08. The van der Waals surface area contributed by atoms with Crippen molar-refractivity contribution in [3.8, 4) is 17.1 Å². The van der Waals surface area contributed by atoms with E-state index < -0.39 is 0 Å². The summed E-state index contributed by atoms with van der Waals surface area (Å²) in [5.74, 6) is 1.06. The first kappa shape index (κ1) is 20.2. The standard InChI is InChI=1S/C21H19ClN4O3S/c1-12-8-15(9-13(2)19(12)22)28-10-14-4-5-18(29-14)20(27)25-21-24-16(11-30-21)17-6-7-23-26(17)3/h4-9,11H,10H2,1-3H3,(H,24,25,27). The number of amides is 1. The van der Waals surface area contributed by atoms with E-state index in [2.05, 4.69) is 15.4 Å². The number of halogens is 1. The van der Waals surface area contributed by atoms with Crippen molar-refractivity contribution in [3.63, 3.8) is 0 Å². The van der Waals surface area contributed by atoms with Gasteiger partial charge in [-0.15, -0.1) is 11.3 Å². The van der Waals surface area contributed by atoms with E-state index in [0.717, 1.165) is 27.5 Å². The third-order valence-electron chi connectivity index (χ3n) is 4.48. The molecule has 0 saturated carbocycles. The van der Waals surface area contributed by atoms with Crippen molar-refractivity contribution in [3.05, 3.63) is 69.6 Å². The molecule has 4 rings (SSSR count). The number of carbonyl (C=O) groups excluding carboxylic acids is 1. The third kappa shape index (κ3) is 4.24. The predicted octanol–water partition coefficient (Wildman–Crippen LogP) is 5.24. The molecule has 0 unspecified atom stereocenters. The number of ether oxygens (including phenoxy) is 1. The second-order valence-electron chi connectivity index (χ2n) is 6.76. The van der Waals surface area contributed by atoms with Gasteiger partial charge >= 0.3 is 0 Å². The molecule has 0 radical (unpaired) electrons. The van der Waals surface area contributed by atoms with Gasteiger partial charge in [0.1, 0.15) is 23.8 Å². The molecule has 0 spiro atoms. The highest BCUT2D eigenvalue weighted by molar-refractivity contribution is 7.14. The van der Waals surface area contributed by atoms with Crippen LogP contribution < -0.4 is 10.1 Å². The zero-order valence-corrected chi connectivity index (χ0v) is 18.2. The molecule has 154 valence electrons. The molecule has 0 aliphatic rings. The summed E-state index contributed by atoms with van der Waals surface area (Å²) in [5.41, 5.74) is 3.51. The van der Waals surface area contributed by atoms with Crippen molar-refractivity contribution < 1.29 is 13.9 Å². The van der Waals surface area contributed by atoms with Gasteiger partial charge in [-0.2, -0.15) is 5.10 Å². The Hall–Kier alpha value is -3.10. The maximum absolute atomic E-state index is 12.5. The average molecular weight is 443 g/mol. The van der Waals surface area contributed by atoms with Crippen molar-refractivity contribution >= 4 is 34.0 Å². The number of carbonyl (C=O) groups is 1. The van der Waals surface area contributed by atoms with Crippen LogP contribution in [0.5, 0.6) is 5.75 Å². The van der Waals surface area contributed by atoms with E-state index in [1.54, 1.807) is 23.0 Å². The maximum atomic E-state index is 12.5. The minimum Gasteiger partial charge on any atom is -0.486 e. The molecule has 3 heterocycles. The molecular weight excluding hydrogens is 424 g/mol. The number of benzene rings is 1. The zero-order chi connectivity index (χ0) is 21.3. The lowest BCUT2D eigenvalue weighted by molar-refractivity contribution is 0.0992. The molecule has 9 heteroatoms. The summed E-state index contributed by atoms with van der Waals surface area (Å²) in [6.45, 7) is 4.06. The van der Waals surface area contributed by atoms with Crippen LogP contribution in [0.4, 0.5) is 5.13 Å². The second-order valence-corrected chi connectivity index (χ2v) is 7.99. The monoisotopic (exact) mass is 442 g/mol. The number of nitrogens with zero attached hydrogens (tertiary/aromatic N) is 3. The Bertz CT molecular complexity index is 1190. The minimum atomic E-state index is -0.370. The Morgan fingerprint density at radius 3 is 2.73 bits per heavy atom. The fourth-order valence-electron chi connectivity index (χ4n) is 2.95. The summed E-state index contributed by atoms with van der Waals surface area (Å²) >= 11 is 7.52. The van der Waals surface area contributed by atoms with E-state index in [0.29, 0.717) is 16.6 Å². The molecule has 1 amide bonds. The highest BCUT2D eigenvalue weighted by Gasteiger charge is 2.15. The average Bonchev–Trinajstić information content (AvgIpc) is 3.45. The minimum absolute atomic E-state index is 0.189. The van der Waals surface area contributed by atoms with Crippen LogP contribution in [0.1, 0.15) is 27.4 Å². The van der Waals surface area contributed by atoms with Gasteiger partial charge in [-0.1, -0.05) is 11.6 Å². The molecule has 1 N–H and O–H groups in total. The van der Waals surface area contributed by atoms with Gasteiger partial charge in [0, 0.05) is 23.6 Å². The fourth-order valence-corrected chi connectivity index (χ4v) is 3.76. The van der Waals surface area contributed by atoms with Crippen LogP contribution in [-0.2, 0) is 13.7 Å². The van der Waals surface area contributed by atoms with Gasteiger partial charge in [-0.25, -0.2) is 4.98 Å². The number of hydrogen-bond donors (Lipinski definition) is 1. The predicted molar refractivity (Wildman–Crippen MR) is 116 cm³/mol. The lowest BCUT2D eigenvalue weighted by Crippen LogP contribution is -2.10. The maximum Gasteiger partial charge on any atom is 0.293 e. The van der Waals surface area contributed by atoms with E-state index in [-0.39, 0.29) is 18.3 Å². The van der Waals surface area contributed by atoms with Crippen LogP contribution in [0.2, 0.25) is 5.02 Å². The van der Waals surface area contributed by atoms with Gasteiger partial charge < -0.3 is 9.15 Å². The number of aryl methyl sites for hydroxylation is 3. The molecule has 0 aliphatic heterocycles. The van der Waals surface area contributed by atoms with Gasteiger partial charge in [0.15, 0.2) is 10.9 Å².